The van der Waals surface area contributed by atoms with E-state index in [4.69, 9.17) is 5.73 Å². The van der Waals surface area contributed by atoms with Gasteiger partial charge < -0.3 is 21.5 Å². The van der Waals surface area contributed by atoms with Gasteiger partial charge in [-0.3, -0.25) is 9.79 Å². The minimum absolute atomic E-state index is 0. The van der Waals surface area contributed by atoms with Crippen LogP contribution in [0.4, 0.5) is 5.69 Å². The van der Waals surface area contributed by atoms with E-state index in [0.29, 0.717) is 24.6 Å². The first-order chi connectivity index (χ1) is 11.5. The van der Waals surface area contributed by atoms with E-state index in [1.54, 1.807) is 12.1 Å². The third-order valence-corrected chi connectivity index (χ3v) is 3.59. The molecule has 134 valence electrons. The lowest BCUT2D eigenvalue weighted by molar-refractivity contribution is 0.0955. The lowest BCUT2D eigenvalue weighted by atomic mass is 10.1. The van der Waals surface area contributed by atoms with Crippen molar-refractivity contribution >= 4 is 41.5 Å². The summed E-state index contributed by atoms with van der Waals surface area (Å²) in [5, 5.41) is 15.0. The summed E-state index contributed by atoms with van der Waals surface area (Å²) >= 11 is 0. The van der Waals surface area contributed by atoms with Crippen LogP contribution in [0.3, 0.4) is 0 Å². The molecule has 0 saturated carbocycles. The molecule has 0 bridgehead atoms. The van der Waals surface area contributed by atoms with Crippen LogP contribution in [0.5, 0.6) is 5.75 Å². The van der Waals surface area contributed by atoms with Crippen LogP contribution in [0, 0.1) is 13.8 Å². The van der Waals surface area contributed by atoms with Crippen molar-refractivity contribution in [3.63, 3.8) is 0 Å². The molecule has 0 radical (unpaired) electrons. The third kappa shape index (κ3) is 6.61. The molecule has 0 saturated heterocycles. The van der Waals surface area contributed by atoms with Crippen molar-refractivity contribution in [3.05, 3.63) is 59.2 Å². The topological polar surface area (TPSA) is 99.7 Å². The van der Waals surface area contributed by atoms with Gasteiger partial charge in [-0.1, -0.05) is 6.07 Å². The smallest absolute Gasteiger partial charge is 0.251 e. The number of aromatic hydroxyl groups is 1. The third-order valence-electron chi connectivity index (χ3n) is 3.59. The highest BCUT2D eigenvalue weighted by atomic mass is 127. The number of carbonyl (C=O) groups is 1. The minimum Gasteiger partial charge on any atom is -0.508 e. The maximum absolute atomic E-state index is 11.9. The molecule has 2 aromatic rings. The number of hydrogen-bond acceptors (Lipinski definition) is 3. The lowest BCUT2D eigenvalue weighted by Gasteiger charge is -2.08. The summed E-state index contributed by atoms with van der Waals surface area (Å²) in [5.74, 6) is 0.212. The van der Waals surface area contributed by atoms with Gasteiger partial charge in [0.15, 0.2) is 5.96 Å². The van der Waals surface area contributed by atoms with Crippen molar-refractivity contribution in [2.75, 3.05) is 18.4 Å². The van der Waals surface area contributed by atoms with E-state index < -0.39 is 0 Å². The second kappa shape index (κ2) is 9.87. The average molecular weight is 454 g/mol. The predicted molar refractivity (Wildman–Crippen MR) is 112 cm³/mol. The summed E-state index contributed by atoms with van der Waals surface area (Å²) in [5.41, 5.74) is 9.59. The number of nitrogens with two attached hydrogens (primary N) is 1. The van der Waals surface area contributed by atoms with Crippen LogP contribution in [0.25, 0.3) is 0 Å². The molecule has 6 nitrogen and oxygen atoms in total. The van der Waals surface area contributed by atoms with Gasteiger partial charge in [-0.2, -0.15) is 0 Å². The summed E-state index contributed by atoms with van der Waals surface area (Å²) in [6.07, 6.45) is 0. The molecule has 0 aliphatic carbocycles. The van der Waals surface area contributed by atoms with Gasteiger partial charge >= 0.3 is 0 Å². The van der Waals surface area contributed by atoms with E-state index in [1.807, 2.05) is 32.0 Å². The first kappa shape index (κ1) is 20.8. The standard InChI is InChI=1S/C18H22N4O2.HI/c1-12-3-6-15(11-13(12)2)22-18(19)21-10-9-20-17(24)14-4-7-16(23)8-5-14;/h3-8,11,23H,9-10H2,1-2H3,(H,20,24)(H3,19,21,22);1H. The number of amides is 1. The molecule has 0 fully saturated rings. The van der Waals surface area contributed by atoms with Gasteiger partial charge in [0.05, 0.1) is 6.54 Å². The Bertz CT molecular complexity index is 745. The monoisotopic (exact) mass is 454 g/mol. The Morgan fingerprint density at radius 1 is 1.12 bits per heavy atom. The number of phenolic OH excluding ortho intramolecular Hbond substituents is 1. The molecule has 0 unspecified atom stereocenters. The minimum atomic E-state index is -0.217. The van der Waals surface area contributed by atoms with Crippen LogP contribution in [0.2, 0.25) is 0 Å². The van der Waals surface area contributed by atoms with Crippen molar-refractivity contribution in [1.82, 2.24) is 5.32 Å². The van der Waals surface area contributed by atoms with Gasteiger partial charge in [0, 0.05) is 17.8 Å². The number of aliphatic imine (C=N–C) groups is 1. The number of phenols is 1. The molecule has 0 aliphatic rings. The van der Waals surface area contributed by atoms with E-state index in [1.165, 1.54) is 23.3 Å². The molecule has 0 aromatic heterocycles. The van der Waals surface area contributed by atoms with Crippen LogP contribution in [0.15, 0.2) is 47.5 Å². The fourth-order valence-electron chi connectivity index (χ4n) is 2.07. The second-order valence-electron chi connectivity index (χ2n) is 5.49. The van der Waals surface area contributed by atoms with E-state index in [2.05, 4.69) is 15.6 Å². The summed E-state index contributed by atoms with van der Waals surface area (Å²) in [6.45, 7) is 4.82. The first-order valence-electron chi connectivity index (χ1n) is 7.67. The Morgan fingerprint density at radius 2 is 1.80 bits per heavy atom. The molecule has 0 heterocycles. The molecule has 2 aromatic carbocycles. The van der Waals surface area contributed by atoms with E-state index >= 15 is 0 Å². The number of aryl methyl sites for hydroxylation is 2. The highest BCUT2D eigenvalue weighted by Crippen LogP contribution is 2.13. The maximum atomic E-state index is 11.9. The normalized spacial score (nSPS) is 10.7. The highest BCUT2D eigenvalue weighted by Gasteiger charge is 2.04. The quantitative estimate of drug-likeness (QED) is 0.242. The van der Waals surface area contributed by atoms with Crippen LogP contribution in [0.1, 0.15) is 21.5 Å². The average Bonchev–Trinajstić information content (AvgIpc) is 2.55. The number of benzene rings is 2. The molecular weight excluding hydrogens is 431 g/mol. The molecular formula is C18H23IN4O2. The van der Waals surface area contributed by atoms with Crippen LogP contribution in [-0.4, -0.2) is 30.1 Å². The van der Waals surface area contributed by atoms with E-state index in [-0.39, 0.29) is 35.6 Å². The molecule has 5 N–H and O–H groups in total. The maximum Gasteiger partial charge on any atom is 0.251 e. The first-order valence-corrected chi connectivity index (χ1v) is 7.67. The lowest BCUT2D eigenvalue weighted by Crippen LogP contribution is -2.28. The molecule has 0 spiro atoms. The van der Waals surface area contributed by atoms with Crippen molar-refractivity contribution in [2.45, 2.75) is 13.8 Å². The van der Waals surface area contributed by atoms with Crippen LogP contribution in [-0.2, 0) is 0 Å². The fourth-order valence-corrected chi connectivity index (χ4v) is 2.07. The Labute approximate surface area is 164 Å². The van der Waals surface area contributed by atoms with E-state index in [0.717, 1.165) is 5.69 Å². The summed E-state index contributed by atoms with van der Waals surface area (Å²) in [4.78, 5) is 16.1. The van der Waals surface area contributed by atoms with Crippen molar-refractivity contribution < 1.29 is 9.90 Å². The van der Waals surface area contributed by atoms with Crippen molar-refractivity contribution in [3.8, 4) is 5.75 Å². The number of hydrogen-bond donors (Lipinski definition) is 4. The highest BCUT2D eigenvalue weighted by molar-refractivity contribution is 14.0. The number of nitrogens with one attached hydrogen (secondary N) is 2. The Morgan fingerprint density at radius 3 is 2.44 bits per heavy atom. The van der Waals surface area contributed by atoms with Gasteiger partial charge in [0.25, 0.3) is 5.91 Å². The van der Waals surface area contributed by atoms with Crippen molar-refractivity contribution in [1.29, 1.82) is 0 Å². The number of guanidine groups is 1. The van der Waals surface area contributed by atoms with Gasteiger partial charge in [0.1, 0.15) is 5.75 Å². The zero-order valence-electron chi connectivity index (χ0n) is 14.2. The van der Waals surface area contributed by atoms with Crippen LogP contribution < -0.4 is 16.4 Å². The SMILES string of the molecule is Cc1ccc(NC(N)=NCCNC(=O)c2ccc(O)cc2)cc1C.I. The predicted octanol–water partition coefficient (Wildman–Crippen LogP) is 2.78. The number of halogens is 1. The summed E-state index contributed by atoms with van der Waals surface area (Å²) < 4.78 is 0. The number of anilines is 1. The zero-order chi connectivity index (χ0) is 17.5. The Hall–Kier alpha value is -2.29. The Balaban J connectivity index is 0.00000312. The van der Waals surface area contributed by atoms with Gasteiger partial charge in [0.2, 0.25) is 0 Å². The molecule has 1 amide bonds. The largest absolute Gasteiger partial charge is 0.508 e. The van der Waals surface area contributed by atoms with E-state index in [9.17, 15) is 9.90 Å². The number of rotatable bonds is 5. The van der Waals surface area contributed by atoms with Crippen molar-refractivity contribution in [2.24, 2.45) is 10.7 Å². The van der Waals surface area contributed by atoms with Gasteiger partial charge in [-0.25, -0.2) is 0 Å². The molecule has 2 rings (SSSR count). The molecule has 7 heteroatoms. The number of nitrogens with zero attached hydrogens (tertiary/aromatic N) is 1. The van der Waals surface area contributed by atoms with Gasteiger partial charge in [-0.15, -0.1) is 24.0 Å². The summed E-state index contributed by atoms with van der Waals surface area (Å²) in [7, 11) is 0. The zero-order valence-corrected chi connectivity index (χ0v) is 16.6. The fraction of sp³-hybridized carbons (Fsp3) is 0.222. The molecule has 0 aliphatic heterocycles. The Kier molecular flexibility index (Phi) is 8.20. The summed E-state index contributed by atoms with van der Waals surface area (Å²) in [6, 6.07) is 12.0. The van der Waals surface area contributed by atoms with Crippen LogP contribution >= 0.6 is 24.0 Å². The molecule has 0 atom stereocenters. The van der Waals surface area contributed by atoms with Gasteiger partial charge in [-0.05, 0) is 61.4 Å². The molecule has 25 heavy (non-hydrogen) atoms. The number of carbonyl (C=O) groups excluding carboxylic acids is 1. The second-order valence-corrected chi connectivity index (χ2v) is 5.49.